The van der Waals surface area contributed by atoms with Crippen molar-refractivity contribution in [1.82, 2.24) is 5.43 Å². The van der Waals surface area contributed by atoms with Gasteiger partial charge in [-0.15, -0.1) is 0 Å². The third-order valence-corrected chi connectivity index (χ3v) is 1.99. The summed E-state index contributed by atoms with van der Waals surface area (Å²) in [6.07, 6.45) is 0. The van der Waals surface area contributed by atoms with Gasteiger partial charge < -0.3 is 5.73 Å². The first-order valence-corrected chi connectivity index (χ1v) is 3.97. The molecule has 0 saturated carbocycles. The van der Waals surface area contributed by atoms with Gasteiger partial charge in [-0.3, -0.25) is 4.79 Å². The summed E-state index contributed by atoms with van der Waals surface area (Å²) in [7, 11) is 0. The minimum atomic E-state index is -0.416. The second-order valence-electron chi connectivity index (χ2n) is 2.86. The van der Waals surface area contributed by atoms with Crippen LogP contribution in [0.2, 0.25) is 0 Å². The van der Waals surface area contributed by atoms with Crippen LogP contribution < -0.4 is 11.2 Å². The van der Waals surface area contributed by atoms with E-state index in [1.54, 1.807) is 0 Å². The van der Waals surface area contributed by atoms with E-state index in [0.29, 0.717) is 5.84 Å². The van der Waals surface area contributed by atoms with E-state index in [9.17, 15) is 4.79 Å². The second-order valence-corrected chi connectivity index (χ2v) is 2.86. The number of nitrogens with zero attached hydrogens (tertiary/aromatic N) is 1. The predicted molar refractivity (Wildman–Crippen MR) is 48.9 cm³/mol. The van der Waals surface area contributed by atoms with Gasteiger partial charge in [0.05, 0.1) is 0 Å². The van der Waals surface area contributed by atoms with E-state index in [0.717, 1.165) is 5.56 Å². The topological polar surface area (TPSA) is 67.5 Å². The lowest BCUT2D eigenvalue weighted by Crippen LogP contribution is -2.25. The largest absolute Gasteiger partial charge is 0.385 e. The van der Waals surface area contributed by atoms with E-state index in [4.69, 9.17) is 5.73 Å². The Morgan fingerprint density at radius 3 is 2.54 bits per heavy atom. The van der Waals surface area contributed by atoms with E-state index in [1.807, 2.05) is 30.3 Å². The van der Waals surface area contributed by atoms with Gasteiger partial charge >= 0.3 is 0 Å². The van der Waals surface area contributed by atoms with Gasteiger partial charge in [0.1, 0.15) is 11.8 Å². The molecule has 1 aliphatic heterocycles. The molecule has 2 rings (SSSR count). The van der Waals surface area contributed by atoms with Crippen LogP contribution in [0.25, 0.3) is 0 Å². The number of amides is 1. The van der Waals surface area contributed by atoms with Crippen LogP contribution in [0.1, 0.15) is 11.5 Å². The van der Waals surface area contributed by atoms with E-state index in [1.165, 1.54) is 0 Å². The van der Waals surface area contributed by atoms with Crippen LogP contribution in [-0.4, -0.2) is 11.7 Å². The molecule has 0 fully saturated rings. The molecule has 4 nitrogen and oxygen atoms in total. The van der Waals surface area contributed by atoms with Crippen molar-refractivity contribution >= 4 is 11.7 Å². The molecule has 0 bridgehead atoms. The number of hydrogen-bond acceptors (Lipinski definition) is 3. The first kappa shape index (κ1) is 7.79. The van der Waals surface area contributed by atoms with Gasteiger partial charge in [0.2, 0.25) is 0 Å². The van der Waals surface area contributed by atoms with Crippen LogP contribution >= 0.6 is 0 Å². The van der Waals surface area contributed by atoms with Crippen molar-refractivity contribution < 1.29 is 4.79 Å². The molecule has 1 aromatic rings. The molecule has 1 aliphatic rings. The molecule has 0 radical (unpaired) electrons. The summed E-state index contributed by atoms with van der Waals surface area (Å²) in [5.74, 6) is -0.249. The van der Waals surface area contributed by atoms with Crippen LogP contribution in [0.4, 0.5) is 0 Å². The van der Waals surface area contributed by atoms with Gasteiger partial charge in [0.25, 0.3) is 5.91 Å². The third kappa shape index (κ3) is 1.26. The fraction of sp³-hybridized carbons (Fsp3) is 0.111. The van der Waals surface area contributed by atoms with E-state index >= 15 is 0 Å². The average molecular weight is 175 g/mol. The predicted octanol–water partition coefficient (Wildman–Crippen LogP) is 0.172. The monoisotopic (exact) mass is 175 g/mol. The zero-order chi connectivity index (χ0) is 9.26. The van der Waals surface area contributed by atoms with Gasteiger partial charge in [0, 0.05) is 0 Å². The number of nitrogens with two attached hydrogens (primary N) is 1. The van der Waals surface area contributed by atoms with Crippen LogP contribution in [-0.2, 0) is 4.79 Å². The summed E-state index contributed by atoms with van der Waals surface area (Å²) in [4.78, 5) is 11.3. The summed E-state index contributed by atoms with van der Waals surface area (Å²) in [5, 5.41) is 3.67. The van der Waals surface area contributed by atoms with Crippen molar-refractivity contribution in [2.24, 2.45) is 10.8 Å². The molecule has 0 unspecified atom stereocenters. The molecule has 0 saturated heterocycles. The lowest BCUT2D eigenvalue weighted by molar-refractivity contribution is -0.120. The van der Waals surface area contributed by atoms with E-state index in [2.05, 4.69) is 10.5 Å². The molecule has 4 heteroatoms. The van der Waals surface area contributed by atoms with Crippen molar-refractivity contribution in [2.45, 2.75) is 5.92 Å². The van der Waals surface area contributed by atoms with Crippen LogP contribution in [0.15, 0.2) is 35.4 Å². The van der Waals surface area contributed by atoms with Gasteiger partial charge in [0.15, 0.2) is 0 Å². The highest BCUT2D eigenvalue weighted by molar-refractivity contribution is 6.10. The lowest BCUT2D eigenvalue weighted by Gasteiger charge is -2.06. The van der Waals surface area contributed by atoms with Crippen LogP contribution in [0, 0.1) is 0 Å². The minimum absolute atomic E-state index is 0.163. The van der Waals surface area contributed by atoms with Gasteiger partial charge in [-0.1, -0.05) is 30.3 Å². The Morgan fingerprint density at radius 2 is 2.00 bits per heavy atom. The highest BCUT2D eigenvalue weighted by Gasteiger charge is 2.29. The Bertz CT molecular complexity index is 358. The van der Waals surface area contributed by atoms with Gasteiger partial charge in [-0.05, 0) is 5.56 Å². The van der Waals surface area contributed by atoms with Crippen molar-refractivity contribution in [2.75, 3.05) is 0 Å². The molecule has 1 amide bonds. The molecule has 0 aromatic heterocycles. The molecular weight excluding hydrogens is 166 g/mol. The van der Waals surface area contributed by atoms with Gasteiger partial charge in [-0.2, -0.15) is 5.10 Å². The quantitative estimate of drug-likeness (QED) is 0.639. The summed E-state index contributed by atoms with van der Waals surface area (Å²) >= 11 is 0. The average Bonchev–Trinajstić information content (AvgIpc) is 2.48. The Labute approximate surface area is 75.4 Å². The molecule has 1 aromatic carbocycles. The van der Waals surface area contributed by atoms with E-state index < -0.39 is 5.92 Å². The van der Waals surface area contributed by atoms with Gasteiger partial charge in [-0.25, -0.2) is 5.43 Å². The Balaban J connectivity index is 2.36. The molecular formula is C9H9N3O. The number of nitrogens with one attached hydrogen (secondary N) is 1. The zero-order valence-corrected chi connectivity index (χ0v) is 6.90. The maximum atomic E-state index is 11.3. The fourth-order valence-electron chi connectivity index (χ4n) is 1.35. The van der Waals surface area contributed by atoms with Crippen molar-refractivity contribution in [3.8, 4) is 0 Å². The highest BCUT2D eigenvalue weighted by atomic mass is 16.2. The summed E-state index contributed by atoms with van der Waals surface area (Å²) in [5.41, 5.74) is 8.78. The second kappa shape index (κ2) is 2.90. The number of amidine groups is 1. The van der Waals surface area contributed by atoms with Crippen LogP contribution in [0.5, 0.6) is 0 Å². The third-order valence-electron chi connectivity index (χ3n) is 1.99. The summed E-state index contributed by atoms with van der Waals surface area (Å²) in [6, 6.07) is 9.35. The molecule has 1 atom stereocenters. The molecule has 13 heavy (non-hydrogen) atoms. The van der Waals surface area contributed by atoms with Crippen molar-refractivity contribution in [3.63, 3.8) is 0 Å². The molecule has 3 N–H and O–H groups in total. The maximum absolute atomic E-state index is 11.3. The SMILES string of the molecule is NC1=NNC(=O)[C@H]1c1ccccc1. The summed E-state index contributed by atoms with van der Waals surface area (Å²) < 4.78 is 0. The molecule has 1 heterocycles. The Kier molecular flexibility index (Phi) is 1.73. The minimum Gasteiger partial charge on any atom is -0.385 e. The Hall–Kier alpha value is -1.84. The molecule has 0 spiro atoms. The van der Waals surface area contributed by atoms with Crippen LogP contribution in [0.3, 0.4) is 0 Å². The Morgan fingerprint density at radius 1 is 1.31 bits per heavy atom. The normalized spacial score (nSPS) is 21.1. The van der Waals surface area contributed by atoms with Crippen molar-refractivity contribution in [1.29, 1.82) is 0 Å². The smallest absolute Gasteiger partial charge is 0.255 e. The number of rotatable bonds is 1. The molecule has 66 valence electrons. The zero-order valence-electron chi connectivity index (χ0n) is 6.90. The molecule has 0 aliphatic carbocycles. The number of hydrazone groups is 1. The fourth-order valence-corrected chi connectivity index (χ4v) is 1.35. The number of carbonyl (C=O) groups excluding carboxylic acids is 1. The number of hydrogen-bond donors (Lipinski definition) is 2. The first-order chi connectivity index (χ1) is 6.29. The maximum Gasteiger partial charge on any atom is 0.255 e. The number of benzene rings is 1. The standard InChI is InChI=1S/C9H9N3O/c10-8-7(9(13)12-11-8)6-4-2-1-3-5-6/h1-5,7H,(H2,10,11)(H,12,13)/t7-/m0/s1. The number of carbonyl (C=O) groups is 1. The summed E-state index contributed by atoms with van der Waals surface area (Å²) in [6.45, 7) is 0. The first-order valence-electron chi connectivity index (χ1n) is 3.97. The van der Waals surface area contributed by atoms with Crippen molar-refractivity contribution in [3.05, 3.63) is 35.9 Å². The highest BCUT2D eigenvalue weighted by Crippen LogP contribution is 2.18. The lowest BCUT2D eigenvalue weighted by atomic mass is 9.98. The van der Waals surface area contributed by atoms with E-state index in [-0.39, 0.29) is 5.91 Å².